The molecule has 3 rings (SSSR count). The van der Waals surface area contributed by atoms with Gasteiger partial charge in [0.2, 0.25) is 11.8 Å². The third-order valence-corrected chi connectivity index (χ3v) is 5.55. The molecule has 9 heteroatoms. The predicted octanol–water partition coefficient (Wildman–Crippen LogP) is 4.51. The van der Waals surface area contributed by atoms with E-state index in [-0.39, 0.29) is 24.7 Å². The fraction of sp³-hybridized carbons (Fsp3) is 0.292. The number of nitrogens with one attached hydrogen (secondary N) is 1. The molecule has 0 aliphatic heterocycles. The topological polar surface area (TPSA) is 90.0 Å². The summed E-state index contributed by atoms with van der Waals surface area (Å²) in [5.74, 6) is 1.50. The van der Waals surface area contributed by atoms with Crippen LogP contribution in [-0.2, 0) is 16.1 Å². The van der Waals surface area contributed by atoms with Crippen molar-refractivity contribution in [1.29, 1.82) is 0 Å². The first-order chi connectivity index (χ1) is 16.0. The van der Waals surface area contributed by atoms with Crippen LogP contribution in [0.4, 0.5) is 10.8 Å². The minimum Gasteiger partial charge on any atom is -0.494 e. The van der Waals surface area contributed by atoms with Crippen molar-refractivity contribution < 1.29 is 23.8 Å². The van der Waals surface area contributed by atoms with Crippen molar-refractivity contribution in [3.05, 3.63) is 59.6 Å². The van der Waals surface area contributed by atoms with Crippen LogP contribution in [0, 0.1) is 0 Å². The molecule has 174 valence electrons. The molecule has 8 nitrogen and oxygen atoms in total. The lowest BCUT2D eigenvalue weighted by molar-refractivity contribution is -0.122. The van der Waals surface area contributed by atoms with Crippen molar-refractivity contribution in [2.24, 2.45) is 0 Å². The fourth-order valence-electron chi connectivity index (χ4n) is 3.15. The summed E-state index contributed by atoms with van der Waals surface area (Å²) in [5.41, 5.74) is 1.51. The van der Waals surface area contributed by atoms with Gasteiger partial charge in [-0.1, -0.05) is 6.07 Å². The van der Waals surface area contributed by atoms with Gasteiger partial charge in [0.15, 0.2) is 16.6 Å². The van der Waals surface area contributed by atoms with E-state index in [4.69, 9.17) is 14.2 Å². The number of anilines is 2. The van der Waals surface area contributed by atoms with Gasteiger partial charge >= 0.3 is 0 Å². The number of aromatic nitrogens is 1. The van der Waals surface area contributed by atoms with Gasteiger partial charge in [-0.25, -0.2) is 4.98 Å². The Labute approximate surface area is 197 Å². The van der Waals surface area contributed by atoms with Gasteiger partial charge in [0.05, 0.1) is 27.4 Å². The van der Waals surface area contributed by atoms with Gasteiger partial charge in [0.25, 0.3) is 0 Å². The van der Waals surface area contributed by atoms with Crippen molar-refractivity contribution in [3.8, 4) is 17.2 Å². The molecule has 1 aromatic heterocycles. The number of amides is 2. The molecule has 1 N–H and O–H groups in total. The zero-order valence-corrected chi connectivity index (χ0v) is 19.7. The van der Waals surface area contributed by atoms with E-state index >= 15 is 0 Å². The fourth-order valence-corrected chi connectivity index (χ4v) is 3.81. The van der Waals surface area contributed by atoms with E-state index in [1.165, 1.54) is 11.3 Å². The van der Waals surface area contributed by atoms with Gasteiger partial charge in [0.1, 0.15) is 5.75 Å². The van der Waals surface area contributed by atoms with E-state index in [1.807, 2.05) is 24.4 Å². The number of rotatable bonds is 11. The van der Waals surface area contributed by atoms with Crippen LogP contribution < -0.4 is 24.4 Å². The molecule has 0 unspecified atom stereocenters. The maximum absolute atomic E-state index is 13.0. The monoisotopic (exact) mass is 469 g/mol. The molecule has 33 heavy (non-hydrogen) atoms. The van der Waals surface area contributed by atoms with Crippen LogP contribution in [0.2, 0.25) is 0 Å². The number of carbonyl (C=O) groups excluding carboxylic acids is 2. The lowest BCUT2D eigenvalue weighted by Crippen LogP contribution is -2.31. The number of methoxy groups -OCH3 is 2. The Morgan fingerprint density at radius 3 is 2.42 bits per heavy atom. The maximum Gasteiger partial charge on any atom is 0.229 e. The summed E-state index contributed by atoms with van der Waals surface area (Å²) in [6.07, 6.45) is 1.75. The summed E-state index contributed by atoms with van der Waals surface area (Å²) < 4.78 is 16.0. The van der Waals surface area contributed by atoms with E-state index in [0.29, 0.717) is 35.5 Å². The second-order valence-electron chi connectivity index (χ2n) is 6.99. The number of nitrogens with zero attached hydrogens (tertiary/aromatic N) is 2. The molecular formula is C24H27N3O5S. The minimum atomic E-state index is -0.238. The average Bonchev–Trinajstić information content (AvgIpc) is 3.37. The maximum atomic E-state index is 13.0. The first-order valence-corrected chi connectivity index (χ1v) is 11.4. The number of carbonyl (C=O) groups is 2. The normalized spacial score (nSPS) is 10.4. The molecule has 0 spiro atoms. The van der Waals surface area contributed by atoms with E-state index in [1.54, 1.807) is 55.6 Å². The Bertz CT molecular complexity index is 1050. The van der Waals surface area contributed by atoms with Crippen LogP contribution in [0.25, 0.3) is 0 Å². The summed E-state index contributed by atoms with van der Waals surface area (Å²) in [7, 11) is 3.13. The second kappa shape index (κ2) is 11.9. The van der Waals surface area contributed by atoms with E-state index in [0.717, 1.165) is 11.3 Å². The highest BCUT2D eigenvalue weighted by molar-refractivity contribution is 7.13. The summed E-state index contributed by atoms with van der Waals surface area (Å²) in [5, 5.41) is 5.19. The highest BCUT2D eigenvalue weighted by Crippen LogP contribution is 2.29. The highest BCUT2D eigenvalue weighted by Gasteiger charge is 2.20. The van der Waals surface area contributed by atoms with Gasteiger partial charge in [0, 0.05) is 30.1 Å². The third-order valence-electron chi connectivity index (χ3n) is 4.75. The Kier molecular flexibility index (Phi) is 8.65. The molecule has 0 aliphatic rings. The predicted molar refractivity (Wildman–Crippen MR) is 128 cm³/mol. The number of thiazole rings is 1. The Morgan fingerprint density at radius 1 is 1.03 bits per heavy atom. The zero-order chi connectivity index (χ0) is 23.6. The van der Waals surface area contributed by atoms with Crippen molar-refractivity contribution in [2.75, 3.05) is 31.0 Å². The lowest BCUT2D eigenvalue weighted by atomic mass is 10.1. The Balaban J connectivity index is 1.63. The molecule has 2 amide bonds. The standard InChI is InChI=1S/C24H27N3O5S/c1-4-32-19-8-6-18(7-9-19)26-22(28)11-12-23(29)27(24-25-13-14-33-24)16-17-5-10-20(30-2)21(15-17)31-3/h5-10,13-15H,4,11-12,16H2,1-3H3,(H,26,28). The van der Waals surface area contributed by atoms with Gasteiger partial charge in [-0.15, -0.1) is 11.3 Å². The van der Waals surface area contributed by atoms with Crippen molar-refractivity contribution >= 4 is 34.0 Å². The molecule has 0 atom stereocenters. The van der Waals surface area contributed by atoms with Crippen molar-refractivity contribution in [1.82, 2.24) is 4.98 Å². The van der Waals surface area contributed by atoms with Crippen LogP contribution in [0.3, 0.4) is 0 Å². The molecule has 1 heterocycles. The molecule has 0 fully saturated rings. The summed E-state index contributed by atoms with van der Waals surface area (Å²) in [4.78, 5) is 31.3. The number of hydrogen-bond donors (Lipinski definition) is 1. The van der Waals surface area contributed by atoms with Crippen LogP contribution >= 0.6 is 11.3 Å². The van der Waals surface area contributed by atoms with Crippen molar-refractivity contribution in [3.63, 3.8) is 0 Å². The lowest BCUT2D eigenvalue weighted by Gasteiger charge is -2.21. The smallest absolute Gasteiger partial charge is 0.229 e. The Hall–Kier alpha value is -3.59. The van der Waals surface area contributed by atoms with E-state index in [9.17, 15) is 9.59 Å². The van der Waals surface area contributed by atoms with Crippen LogP contribution in [0.15, 0.2) is 54.0 Å². The van der Waals surface area contributed by atoms with Gasteiger partial charge in [-0.2, -0.15) is 0 Å². The summed E-state index contributed by atoms with van der Waals surface area (Å²) >= 11 is 1.36. The highest BCUT2D eigenvalue weighted by atomic mass is 32.1. The molecule has 0 radical (unpaired) electrons. The molecule has 3 aromatic rings. The Morgan fingerprint density at radius 2 is 1.79 bits per heavy atom. The zero-order valence-electron chi connectivity index (χ0n) is 18.9. The number of hydrogen-bond acceptors (Lipinski definition) is 7. The van der Waals surface area contributed by atoms with Crippen LogP contribution in [0.5, 0.6) is 17.2 Å². The number of ether oxygens (including phenoxy) is 3. The van der Waals surface area contributed by atoms with Gasteiger partial charge < -0.3 is 19.5 Å². The molecule has 0 bridgehead atoms. The SMILES string of the molecule is CCOc1ccc(NC(=O)CCC(=O)N(Cc2ccc(OC)c(OC)c2)c2nccs2)cc1. The van der Waals surface area contributed by atoms with Gasteiger partial charge in [-0.3, -0.25) is 14.5 Å². The van der Waals surface area contributed by atoms with E-state index < -0.39 is 0 Å². The quantitative estimate of drug-likeness (QED) is 0.444. The summed E-state index contributed by atoms with van der Waals surface area (Å²) in [6.45, 7) is 2.78. The summed E-state index contributed by atoms with van der Waals surface area (Å²) in [6, 6.07) is 12.6. The first kappa shape index (κ1) is 24.1. The van der Waals surface area contributed by atoms with E-state index in [2.05, 4.69) is 10.3 Å². The second-order valence-corrected chi connectivity index (χ2v) is 7.86. The molecule has 2 aromatic carbocycles. The first-order valence-electron chi connectivity index (χ1n) is 10.5. The number of benzene rings is 2. The van der Waals surface area contributed by atoms with Crippen molar-refractivity contribution in [2.45, 2.75) is 26.3 Å². The van der Waals surface area contributed by atoms with Gasteiger partial charge in [-0.05, 0) is 48.9 Å². The molecule has 0 saturated heterocycles. The third kappa shape index (κ3) is 6.69. The molecule has 0 aliphatic carbocycles. The average molecular weight is 470 g/mol. The molecular weight excluding hydrogens is 442 g/mol. The van der Waals surface area contributed by atoms with Crippen LogP contribution in [-0.4, -0.2) is 37.6 Å². The minimum absolute atomic E-state index is 0.0513. The van der Waals surface area contributed by atoms with Crippen LogP contribution in [0.1, 0.15) is 25.3 Å². The molecule has 0 saturated carbocycles. The largest absolute Gasteiger partial charge is 0.494 e.